The number of hydrogen-bond donors (Lipinski definition) is 0. The molecule has 4 nitrogen and oxygen atoms in total. The highest BCUT2D eigenvalue weighted by molar-refractivity contribution is 5.82. The van der Waals surface area contributed by atoms with Gasteiger partial charge in [-0.3, -0.25) is 4.79 Å². The lowest BCUT2D eigenvalue weighted by Crippen LogP contribution is -2.46. The van der Waals surface area contributed by atoms with E-state index in [9.17, 15) is 4.79 Å². The van der Waals surface area contributed by atoms with E-state index in [-0.39, 0.29) is 12.0 Å². The van der Waals surface area contributed by atoms with Gasteiger partial charge in [0.1, 0.15) is 0 Å². The van der Waals surface area contributed by atoms with Crippen molar-refractivity contribution in [2.45, 2.75) is 52.1 Å². The number of likely N-dealkylation sites (tertiary alicyclic amines) is 2. The third-order valence-corrected chi connectivity index (χ3v) is 5.65. The van der Waals surface area contributed by atoms with Gasteiger partial charge in [0.15, 0.2) is 0 Å². The number of nitrogens with zero attached hydrogens (tertiary/aromatic N) is 2. The van der Waals surface area contributed by atoms with E-state index in [2.05, 4.69) is 16.7 Å². The lowest BCUT2D eigenvalue weighted by molar-refractivity contribution is -0.135. The molecule has 0 aromatic heterocycles. The van der Waals surface area contributed by atoms with E-state index in [0.29, 0.717) is 11.8 Å². The van der Waals surface area contributed by atoms with Gasteiger partial charge < -0.3 is 14.5 Å². The summed E-state index contributed by atoms with van der Waals surface area (Å²) in [5, 5.41) is 0. The minimum atomic E-state index is 0.162. The van der Waals surface area contributed by atoms with Crippen LogP contribution < -0.4 is 0 Å². The molecular formula is C18H32N2O2. The molecule has 126 valence electrons. The van der Waals surface area contributed by atoms with Crippen LogP contribution in [0.4, 0.5) is 0 Å². The van der Waals surface area contributed by atoms with Crippen molar-refractivity contribution >= 4 is 5.91 Å². The average molecular weight is 308 g/mol. The molecule has 0 bridgehead atoms. The van der Waals surface area contributed by atoms with Crippen molar-refractivity contribution in [2.24, 2.45) is 17.8 Å². The molecule has 0 N–H and O–H groups in total. The Balaban J connectivity index is 1.44. The molecule has 3 fully saturated rings. The molecule has 0 spiro atoms. The summed E-state index contributed by atoms with van der Waals surface area (Å²) in [4.78, 5) is 17.3. The van der Waals surface area contributed by atoms with Crippen LogP contribution in [0.5, 0.6) is 0 Å². The number of rotatable bonds is 5. The molecule has 2 heterocycles. The van der Waals surface area contributed by atoms with Crippen molar-refractivity contribution in [3.8, 4) is 0 Å². The zero-order valence-corrected chi connectivity index (χ0v) is 14.3. The third kappa shape index (κ3) is 4.02. The van der Waals surface area contributed by atoms with E-state index < -0.39 is 0 Å². The number of carbonyl (C=O) groups is 1. The van der Waals surface area contributed by atoms with Crippen LogP contribution in [-0.4, -0.2) is 61.1 Å². The van der Waals surface area contributed by atoms with E-state index >= 15 is 0 Å². The van der Waals surface area contributed by atoms with Gasteiger partial charge in [-0.05, 0) is 64.0 Å². The molecule has 22 heavy (non-hydrogen) atoms. The largest absolute Gasteiger partial charge is 0.378 e. The van der Waals surface area contributed by atoms with Gasteiger partial charge in [-0.2, -0.15) is 0 Å². The van der Waals surface area contributed by atoms with Gasteiger partial charge in [-0.25, -0.2) is 0 Å². The fourth-order valence-electron chi connectivity index (χ4n) is 4.09. The first-order valence-corrected chi connectivity index (χ1v) is 9.30. The van der Waals surface area contributed by atoms with Gasteiger partial charge in [0.2, 0.25) is 5.91 Å². The third-order valence-electron chi connectivity index (χ3n) is 5.65. The quantitative estimate of drug-likeness (QED) is 0.782. The molecule has 0 aromatic carbocycles. The van der Waals surface area contributed by atoms with Crippen molar-refractivity contribution in [3.63, 3.8) is 0 Å². The second-order valence-electron chi connectivity index (χ2n) is 7.61. The van der Waals surface area contributed by atoms with Crippen LogP contribution in [0.15, 0.2) is 0 Å². The first-order valence-electron chi connectivity index (χ1n) is 9.30. The van der Waals surface area contributed by atoms with Crippen LogP contribution in [0.3, 0.4) is 0 Å². The minimum Gasteiger partial charge on any atom is -0.378 e. The predicted molar refractivity (Wildman–Crippen MR) is 87.7 cm³/mol. The molecule has 1 aliphatic carbocycles. The minimum absolute atomic E-state index is 0.162. The van der Waals surface area contributed by atoms with Crippen LogP contribution in [-0.2, 0) is 9.53 Å². The van der Waals surface area contributed by atoms with Crippen LogP contribution in [0.1, 0.15) is 46.0 Å². The zero-order chi connectivity index (χ0) is 15.5. The predicted octanol–water partition coefficient (Wildman–Crippen LogP) is 2.38. The fraction of sp³-hybridized carbons (Fsp3) is 0.944. The van der Waals surface area contributed by atoms with Crippen LogP contribution in [0.2, 0.25) is 0 Å². The molecule has 2 aliphatic heterocycles. The van der Waals surface area contributed by atoms with Gasteiger partial charge in [0.05, 0.1) is 12.0 Å². The van der Waals surface area contributed by atoms with E-state index in [1.165, 1.54) is 45.3 Å². The van der Waals surface area contributed by atoms with Crippen LogP contribution in [0, 0.1) is 17.8 Å². The number of piperidine rings is 2. The fourth-order valence-corrected chi connectivity index (χ4v) is 4.09. The van der Waals surface area contributed by atoms with Crippen molar-refractivity contribution in [3.05, 3.63) is 0 Å². The van der Waals surface area contributed by atoms with Crippen LogP contribution >= 0.6 is 0 Å². The molecule has 1 saturated carbocycles. The molecular weight excluding hydrogens is 276 g/mol. The smallest absolute Gasteiger partial charge is 0.228 e. The Bertz CT molecular complexity index is 379. The molecule has 4 heteroatoms. The molecule has 3 aliphatic rings. The maximum atomic E-state index is 12.6. The maximum Gasteiger partial charge on any atom is 0.228 e. The van der Waals surface area contributed by atoms with Crippen LogP contribution in [0.25, 0.3) is 0 Å². The highest BCUT2D eigenvalue weighted by Crippen LogP contribution is 2.36. The maximum absolute atomic E-state index is 12.6. The normalized spacial score (nSPS) is 33.9. The van der Waals surface area contributed by atoms with Crippen molar-refractivity contribution in [1.29, 1.82) is 0 Å². The second kappa shape index (κ2) is 7.31. The summed E-state index contributed by atoms with van der Waals surface area (Å²) in [5.74, 6) is 2.09. The Hall–Kier alpha value is -0.610. The molecule has 3 rings (SSSR count). The Morgan fingerprint density at radius 1 is 1.18 bits per heavy atom. The summed E-state index contributed by atoms with van der Waals surface area (Å²) in [5.41, 5.74) is 0. The Labute approximate surface area is 135 Å². The van der Waals surface area contributed by atoms with Crippen molar-refractivity contribution < 1.29 is 9.53 Å². The number of ether oxygens (including phenoxy) is 1. The molecule has 3 atom stereocenters. The van der Waals surface area contributed by atoms with Gasteiger partial charge in [-0.15, -0.1) is 0 Å². The second-order valence-corrected chi connectivity index (χ2v) is 7.61. The van der Waals surface area contributed by atoms with Crippen molar-refractivity contribution in [2.75, 3.05) is 39.3 Å². The van der Waals surface area contributed by atoms with E-state index in [1.54, 1.807) is 0 Å². The number of hydrogen-bond acceptors (Lipinski definition) is 3. The Morgan fingerprint density at radius 2 is 1.95 bits per heavy atom. The lowest BCUT2D eigenvalue weighted by Gasteiger charge is -2.38. The summed E-state index contributed by atoms with van der Waals surface area (Å²) in [6.45, 7) is 10.7. The van der Waals surface area contributed by atoms with Gasteiger partial charge in [0.25, 0.3) is 0 Å². The highest BCUT2D eigenvalue weighted by Gasteiger charge is 2.46. The SMILES string of the molecule is CCO[C@@H]1C[C@H]1C(=O)N1CCC[C@@H](CN2CCC(C)CC2)C1. The molecule has 1 amide bonds. The topological polar surface area (TPSA) is 32.8 Å². The van der Waals surface area contributed by atoms with Gasteiger partial charge in [0, 0.05) is 26.2 Å². The standard InChI is InChI=1S/C18H32N2O2/c1-3-22-17-11-16(17)18(21)20-8-4-5-15(13-20)12-19-9-6-14(2)7-10-19/h14-17H,3-13H2,1-2H3/t15-,16+,17+/m0/s1. The van der Waals surface area contributed by atoms with Crippen molar-refractivity contribution in [1.82, 2.24) is 9.80 Å². The first-order chi connectivity index (χ1) is 10.7. The average Bonchev–Trinajstić information content (AvgIpc) is 3.29. The van der Waals surface area contributed by atoms with E-state index in [4.69, 9.17) is 4.74 Å². The monoisotopic (exact) mass is 308 g/mol. The molecule has 0 aromatic rings. The van der Waals surface area contributed by atoms with Gasteiger partial charge >= 0.3 is 0 Å². The number of carbonyl (C=O) groups excluding carboxylic acids is 1. The van der Waals surface area contributed by atoms with E-state index in [1.807, 2.05) is 6.92 Å². The molecule has 0 unspecified atom stereocenters. The summed E-state index contributed by atoms with van der Waals surface area (Å²) < 4.78 is 5.58. The molecule has 2 saturated heterocycles. The zero-order valence-electron chi connectivity index (χ0n) is 14.3. The summed E-state index contributed by atoms with van der Waals surface area (Å²) in [7, 11) is 0. The Morgan fingerprint density at radius 3 is 2.68 bits per heavy atom. The Kier molecular flexibility index (Phi) is 5.40. The number of amides is 1. The summed E-state index contributed by atoms with van der Waals surface area (Å²) >= 11 is 0. The first kappa shape index (κ1) is 16.3. The summed E-state index contributed by atoms with van der Waals surface area (Å²) in [6.07, 6.45) is 6.29. The highest BCUT2D eigenvalue weighted by atomic mass is 16.5. The van der Waals surface area contributed by atoms with Gasteiger partial charge in [-0.1, -0.05) is 6.92 Å². The van der Waals surface area contributed by atoms with E-state index in [0.717, 1.165) is 32.0 Å². The molecule has 0 radical (unpaired) electrons. The summed E-state index contributed by atoms with van der Waals surface area (Å²) in [6, 6.07) is 0. The lowest BCUT2D eigenvalue weighted by atomic mass is 9.94.